The Morgan fingerprint density at radius 3 is 2.90 bits per heavy atom. The lowest BCUT2D eigenvalue weighted by Gasteiger charge is -2.35. The number of benzene rings is 1. The molecule has 2 aromatic rings. The van der Waals surface area contributed by atoms with Gasteiger partial charge in [0, 0.05) is 10.9 Å². The number of carboxylic acids is 1. The van der Waals surface area contributed by atoms with E-state index in [1.165, 1.54) is 0 Å². The summed E-state index contributed by atoms with van der Waals surface area (Å²) >= 11 is 0. The quantitative estimate of drug-likeness (QED) is 0.906. The van der Waals surface area contributed by atoms with Gasteiger partial charge in [-0.2, -0.15) is 0 Å². The molecule has 0 radical (unpaired) electrons. The van der Waals surface area contributed by atoms with Crippen molar-refractivity contribution >= 4 is 22.7 Å². The highest BCUT2D eigenvalue weighted by Crippen LogP contribution is 2.42. The van der Waals surface area contributed by atoms with Crippen molar-refractivity contribution in [2.24, 2.45) is 0 Å². The van der Waals surface area contributed by atoms with E-state index in [-0.39, 0.29) is 18.8 Å². The molecule has 2 N–H and O–H groups in total. The first-order valence-corrected chi connectivity index (χ1v) is 7.07. The van der Waals surface area contributed by atoms with E-state index in [0.29, 0.717) is 17.7 Å². The molecular formula is C16H17NO4. The van der Waals surface area contributed by atoms with Crippen LogP contribution in [0.2, 0.25) is 0 Å². The first-order chi connectivity index (χ1) is 10.1. The van der Waals surface area contributed by atoms with Crippen LogP contribution < -0.4 is 0 Å². The van der Waals surface area contributed by atoms with Crippen molar-refractivity contribution in [3.63, 3.8) is 0 Å². The van der Waals surface area contributed by atoms with Crippen LogP contribution in [0.25, 0.3) is 10.9 Å². The number of carbonyl (C=O) groups excluding carboxylic acids is 1. The Morgan fingerprint density at radius 1 is 1.43 bits per heavy atom. The molecule has 1 aliphatic rings. The van der Waals surface area contributed by atoms with Gasteiger partial charge < -0.3 is 14.8 Å². The molecule has 1 aliphatic heterocycles. The number of rotatable bonds is 4. The van der Waals surface area contributed by atoms with E-state index in [2.05, 4.69) is 4.98 Å². The lowest BCUT2D eigenvalue weighted by Crippen LogP contribution is -2.40. The van der Waals surface area contributed by atoms with E-state index in [0.717, 1.165) is 17.3 Å². The van der Waals surface area contributed by atoms with E-state index in [1.54, 1.807) is 0 Å². The van der Waals surface area contributed by atoms with Crippen molar-refractivity contribution in [2.75, 3.05) is 6.61 Å². The van der Waals surface area contributed by atoms with Crippen molar-refractivity contribution in [2.45, 2.75) is 31.8 Å². The van der Waals surface area contributed by atoms with Gasteiger partial charge in [0.25, 0.3) is 0 Å². The smallest absolute Gasteiger partial charge is 0.306 e. The predicted molar refractivity (Wildman–Crippen MR) is 77.4 cm³/mol. The van der Waals surface area contributed by atoms with Crippen molar-refractivity contribution in [1.29, 1.82) is 0 Å². The summed E-state index contributed by atoms with van der Waals surface area (Å²) in [5.74, 6) is -1.03. The molecule has 1 aromatic carbocycles. The summed E-state index contributed by atoms with van der Waals surface area (Å²) in [6.45, 7) is 1.91. The Hall–Kier alpha value is -2.14. The summed E-state index contributed by atoms with van der Waals surface area (Å²) in [7, 11) is 0. The minimum absolute atomic E-state index is 0.0673. The molecule has 1 aromatic heterocycles. The molecule has 1 unspecified atom stereocenters. The van der Waals surface area contributed by atoms with Crippen LogP contribution in [0.4, 0.5) is 0 Å². The molecule has 3 rings (SSSR count). The lowest BCUT2D eigenvalue weighted by atomic mass is 9.84. The molecule has 0 fully saturated rings. The van der Waals surface area contributed by atoms with Crippen molar-refractivity contribution in [3.05, 3.63) is 35.5 Å². The predicted octanol–water partition coefficient (Wildman–Crippen LogP) is 2.85. The van der Waals surface area contributed by atoms with Gasteiger partial charge in [-0.1, -0.05) is 31.5 Å². The van der Waals surface area contributed by atoms with Gasteiger partial charge in [-0.3, -0.25) is 9.59 Å². The number of hydrogen-bond acceptors (Lipinski definition) is 3. The summed E-state index contributed by atoms with van der Waals surface area (Å²) in [6, 6.07) is 7.52. The minimum atomic E-state index is -0.942. The van der Waals surface area contributed by atoms with Crippen LogP contribution >= 0.6 is 0 Å². The average Bonchev–Trinajstić information content (AvgIpc) is 2.84. The largest absolute Gasteiger partial charge is 0.481 e. The van der Waals surface area contributed by atoms with Crippen LogP contribution in [-0.2, 0) is 15.1 Å². The number of ether oxygens (including phenoxy) is 1. The molecule has 0 saturated heterocycles. The lowest BCUT2D eigenvalue weighted by molar-refractivity contribution is -0.147. The van der Waals surface area contributed by atoms with Crippen LogP contribution in [0.3, 0.4) is 0 Å². The zero-order valence-electron chi connectivity index (χ0n) is 11.8. The second-order valence-corrected chi connectivity index (χ2v) is 5.45. The summed E-state index contributed by atoms with van der Waals surface area (Å²) in [5, 5.41) is 10.1. The number of hydrogen-bond donors (Lipinski definition) is 2. The van der Waals surface area contributed by atoms with Gasteiger partial charge in [-0.15, -0.1) is 0 Å². The first-order valence-electron chi connectivity index (χ1n) is 7.07. The number of Topliss-reactive ketones (excluding diaryl/α,β-unsaturated/α-hetero) is 1. The maximum Gasteiger partial charge on any atom is 0.306 e. The Bertz CT molecular complexity index is 718. The van der Waals surface area contributed by atoms with Gasteiger partial charge >= 0.3 is 5.97 Å². The van der Waals surface area contributed by atoms with Gasteiger partial charge in [0.2, 0.25) is 0 Å². The van der Waals surface area contributed by atoms with Gasteiger partial charge in [0.1, 0.15) is 12.2 Å². The number of H-pyrrole nitrogens is 1. The van der Waals surface area contributed by atoms with Crippen LogP contribution in [0.15, 0.2) is 24.3 Å². The molecule has 0 spiro atoms. The Labute approximate surface area is 121 Å². The molecule has 1 atom stereocenters. The number of aliphatic carboxylic acids is 1. The zero-order chi connectivity index (χ0) is 15.0. The second kappa shape index (κ2) is 5.00. The number of carbonyl (C=O) groups is 2. The number of fused-ring (bicyclic) bond motifs is 3. The van der Waals surface area contributed by atoms with Crippen LogP contribution in [-0.4, -0.2) is 28.4 Å². The molecule has 2 heterocycles. The highest BCUT2D eigenvalue weighted by Gasteiger charge is 2.44. The Kier molecular flexibility index (Phi) is 3.29. The molecular weight excluding hydrogens is 270 g/mol. The van der Waals surface area contributed by atoms with Gasteiger partial charge in [-0.25, -0.2) is 0 Å². The number of aromatic amines is 1. The highest BCUT2D eigenvalue weighted by atomic mass is 16.5. The standard InChI is InChI=1S/C16H17NO4/c1-2-7-16(8-13(19)20)15-14(12(18)9-21-16)10-5-3-4-6-11(10)17-15/h3-6,17H,2,7-9H2,1H3,(H,19,20). The molecule has 5 heteroatoms. The number of aromatic nitrogens is 1. The third kappa shape index (κ3) is 2.14. The van der Waals surface area contributed by atoms with E-state index in [9.17, 15) is 14.7 Å². The van der Waals surface area contributed by atoms with E-state index < -0.39 is 11.6 Å². The molecule has 5 nitrogen and oxygen atoms in total. The Balaban J connectivity index is 2.25. The van der Waals surface area contributed by atoms with Crippen molar-refractivity contribution < 1.29 is 19.4 Å². The topological polar surface area (TPSA) is 79.4 Å². The number of nitrogens with one attached hydrogen (secondary N) is 1. The zero-order valence-corrected chi connectivity index (χ0v) is 11.8. The highest BCUT2D eigenvalue weighted by molar-refractivity contribution is 6.10. The fourth-order valence-corrected chi connectivity index (χ4v) is 3.19. The van der Waals surface area contributed by atoms with Gasteiger partial charge in [0.05, 0.1) is 17.7 Å². The third-order valence-corrected chi connectivity index (χ3v) is 4.01. The summed E-state index contributed by atoms with van der Waals surface area (Å²) < 4.78 is 5.72. The molecule has 0 aliphatic carbocycles. The van der Waals surface area contributed by atoms with Gasteiger partial charge in [0.15, 0.2) is 5.78 Å². The number of carboxylic acid groups (broad SMARTS) is 1. The van der Waals surface area contributed by atoms with Crippen molar-refractivity contribution in [1.82, 2.24) is 4.98 Å². The first kappa shape index (κ1) is 13.8. The fraction of sp³-hybridized carbons (Fsp3) is 0.375. The average molecular weight is 287 g/mol. The maximum atomic E-state index is 12.2. The van der Waals surface area contributed by atoms with Crippen molar-refractivity contribution in [3.8, 4) is 0 Å². The molecule has 0 bridgehead atoms. The summed E-state index contributed by atoms with van der Waals surface area (Å²) in [4.78, 5) is 26.7. The minimum Gasteiger partial charge on any atom is -0.481 e. The fourth-order valence-electron chi connectivity index (χ4n) is 3.19. The molecule has 0 amide bonds. The van der Waals surface area contributed by atoms with Gasteiger partial charge in [-0.05, 0) is 12.5 Å². The monoisotopic (exact) mass is 287 g/mol. The molecule has 0 saturated carbocycles. The number of para-hydroxylation sites is 1. The molecule has 21 heavy (non-hydrogen) atoms. The molecule has 110 valence electrons. The van der Waals surface area contributed by atoms with E-state index >= 15 is 0 Å². The van der Waals surface area contributed by atoms with Crippen LogP contribution in [0.1, 0.15) is 42.2 Å². The summed E-state index contributed by atoms with van der Waals surface area (Å²) in [6.07, 6.45) is 1.19. The van der Waals surface area contributed by atoms with E-state index in [1.807, 2.05) is 31.2 Å². The Morgan fingerprint density at radius 2 is 2.19 bits per heavy atom. The second-order valence-electron chi connectivity index (χ2n) is 5.45. The summed E-state index contributed by atoms with van der Waals surface area (Å²) in [5.41, 5.74) is 1.10. The van der Waals surface area contributed by atoms with E-state index in [4.69, 9.17) is 4.74 Å². The normalized spacial score (nSPS) is 21.5. The number of ketones is 1. The van der Waals surface area contributed by atoms with Crippen LogP contribution in [0.5, 0.6) is 0 Å². The maximum absolute atomic E-state index is 12.2. The third-order valence-electron chi connectivity index (χ3n) is 4.01. The van der Waals surface area contributed by atoms with Crippen LogP contribution in [0, 0.1) is 0 Å². The SMILES string of the molecule is CCCC1(CC(=O)O)OCC(=O)c2c1[nH]c1ccccc21.